The van der Waals surface area contributed by atoms with Crippen LogP contribution >= 0.6 is 7.82 Å². The van der Waals surface area contributed by atoms with Gasteiger partial charge in [-0.3, -0.25) is 13.8 Å². The minimum absolute atomic E-state index is 0.0628. The number of quaternary nitrogens is 1. The number of nitrogens with one attached hydrogen (secondary N) is 1. The third-order valence-corrected chi connectivity index (χ3v) is 9.74. The summed E-state index contributed by atoms with van der Waals surface area (Å²) in [7, 11) is 1.57. The smallest absolute Gasteiger partial charge is 0.387 e. The Labute approximate surface area is 291 Å². The molecule has 1 amide bonds. The highest BCUT2D eigenvalue weighted by molar-refractivity contribution is 7.47. The molecular weight excluding hydrogens is 611 g/mol. The Bertz CT molecular complexity index is 789. The van der Waals surface area contributed by atoms with E-state index < -0.39 is 20.0 Å². The molecule has 9 heteroatoms. The fourth-order valence-corrected chi connectivity index (χ4v) is 6.29. The Morgan fingerprint density at radius 3 is 1.55 bits per heavy atom. The molecule has 3 N–H and O–H groups in total. The molecule has 0 aliphatic rings. The van der Waals surface area contributed by atoms with E-state index in [-0.39, 0.29) is 19.1 Å². The molecule has 0 fully saturated rings. The lowest BCUT2D eigenvalue weighted by molar-refractivity contribution is -0.870. The zero-order chi connectivity index (χ0) is 35.1. The quantitative estimate of drug-likeness (QED) is 0.0265. The van der Waals surface area contributed by atoms with Crippen LogP contribution in [-0.4, -0.2) is 73.4 Å². The highest BCUT2D eigenvalue weighted by Gasteiger charge is 2.27. The Hall–Kier alpha value is -0.760. The molecule has 0 saturated carbocycles. The van der Waals surface area contributed by atoms with Crippen LogP contribution in [0, 0.1) is 0 Å². The van der Waals surface area contributed by atoms with E-state index in [1.165, 1.54) is 116 Å². The lowest BCUT2D eigenvalue weighted by Crippen LogP contribution is -2.45. The van der Waals surface area contributed by atoms with Crippen molar-refractivity contribution in [2.24, 2.45) is 0 Å². The molecule has 0 rings (SSSR count). The van der Waals surface area contributed by atoms with Crippen LogP contribution in [0.2, 0.25) is 0 Å². The Balaban J connectivity index is 4.02. The van der Waals surface area contributed by atoms with Gasteiger partial charge < -0.3 is 19.8 Å². The van der Waals surface area contributed by atoms with Crippen LogP contribution in [0.15, 0.2) is 12.2 Å². The van der Waals surface area contributed by atoms with Crippen LogP contribution in [0.3, 0.4) is 0 Å². The standard InChI is InChI=1S/C38H77N2O6P/c1-6-8-10-12-13-14-15-16-17-18-19-20-21-22-23-24-25-26-27-28-30-32-38(42)39-36(37(41)31-29-11-9-7-2)35-46-47(43,44)45-34-33-40(3,4)5/h29,31,36-37,41H,6-28,30,32-35H2,1-5H3,(H-,39,42,43,44)/p+1/b31-29+. The van der Waals surface area contributed by atoms with Crippen LogP contribution in [0.1, 0.15) is 174 Å². The van der Waals surface area contributed by atoms with Crippen molar-refractivity contribution in [1.82, 2.24) is 5.32 Å². The van der Waals surface area contributed by atoms with Crippen molar-refractivity contribution in [3.63, 3.8) is 0 Å². The molecule has 0 saturated heterocycles. The second kappa shape index (κ2) is 31.2. The van der Waals surface area contributed by atoms with Crippen molar-refractivity contribution in [2.75, 3.05) is 40.9 Å². The van der Waals surface area contributed by atoms with Gasteiger partial charge in [-0.25, -0.2) is 4.57 Å². The Kier molecular flexibility index (Phi) is 30.7. The molecule has 0 aromatic heterocycles. The average Bonchev–Trinajstić information content (AvgIpc) is 3.01. The predicted molar refractivity (Wildman–Crippen MR) is 198 cm³/mol. The van der Waals surface area contributed by atoms with Crippen molar-refractivity contribution < 1.29 is 32.9 Å². The van der Waals surface area contributed by atoms with E-state index in [4.69, 9.17) is 9.05 Å². The molecule has 0 aliphatic heterocycles. The number of carbonyl (C=O) groups is 1. The molecule has 0 heterocycles. The second-order valence-electron chi connectivity index (χ2n) is 14.7. The first kappa shape index (κ1) is 46.2. The number of aliphatic hydroxyl groups excluding tert-OH is 1. The summed E-state index contributed by atoms with van der Waals surface area (Å²) >= 11 is 0. The van der Waals surface area contributed by atoms with E-state index in [1.54, 1.807) is 6.08 Å². The van der Waals surface area contributed by atoms with Crippen LogP contribution in [0.25, 0.3) is 0 Å². The van der Waals surface area contributed by atoms with E-state index in [2.05, 4.69) is 19.2 Å². The first-order valence-electron chi connectivity index (χ1n) is 19.6. The van der Waals surface area contributed by atoms with Gasteiger partial charge in [-0.1, -0.05) is 167 Å². The van der Waals surface area contributed by atoms with Gasteiger partial charge in [0, 0.05) is 6.42 Å². The summed E-state index contributed by atoms with van der Waals surface area (Å²) < 4.78 is 23.2. The van der Waals surface area contributed by atoms with Gasteiger partial charge in [0.1, 0.15) is 13.2 Å². The van der Waals surface area contributed by atoms with Crippen LogP contribution in [-0.2, 0) is 18.4 Å². The zero-order valence-corrected chi connectivity index (χ0v) is 32.4. The number of hydrogen-bond acceptors (Lipinski definition) is 5. The fourth-order valence-electron chi connectivity index (χ4n) is 5.56. The molecule has 3 unspecified atom stereocenters. The van der Waals surface area contributed by atoms with E-state index in [0.717, 1.165) is 38.5 Å². The summed E-state index contributed by atoms with van der Waals surface area (Å²) in [6.07, 6.45) is 33.4. The lowest BCUT2D eigenvalue weighted by atomic mass is 10.0. The maximum atomic E-state index is 12.7. The molecule has 0 aromatic rings. The van der Waals surface area contributed by atoms with Crippen molar-refractivity contribution >= 4 is 13.7 Å². The molecule has 3 atom stereocenters. The minimum atomic E-state index is -4.31. The minimum Gasteiger partial charge on any atom is -0.387 e. The number of nitrogens with zero attached hydrogens (tertiary/aromatic N) is 1. The topological polar surface area (TPSA) is 105 Å². The van der Waals surface area contributed by atoms with Crippen molar-refractivity contribution in [3.8, 4) is 0 Å². The van der Waals surface area contributed by atoms with Gasteiger partial charge in [0.25, 0.3) is 0 Å². The number of aliphatic hydroxyl groups is 1. The van der Waals surface area contributed by atoms with Gasteiger partial charge in [0.05, 0.1) is 39.9 Å². The SMILES string of the molecule is CCCC/C=C/C(O)C(COP(=O)(O)OCC[N+](C)(C)C)NC(=O)CCCCCCCCCCCCCCCCCCCCCCC. The number of phosphoric acid groups is 1. The molecule has 280 valence electrons. The fraction of sp³-hybridized carbons (Fsp3) is 0.921. The maximum absolute atomic E-state index is 12.7. The summed E-state index contributed by atoms with van der Waals surface area (Å²) in [6.45, 7) is 4.66. The van der Waals surface area contributed by atoms with Gasteiger partial charge in [0.2, 0.25) is 5.91 Å². The van der Waals surface area contributed by atoms with Crippen LogP contribution in [0.5, 0.6) is 0 Å². The average molecular weight is 690 g/mol. The van der Waals surface area contributed by atoms with Gasteiger partial charge in [0.15, 0.2) is 0 Å². The number of amides is 1. The first-order valence-corrected chi connectivity index (χ1v) is 21.1. The Morgan fingerprint density at radius 1 is 0.702 bits per heavy atom. The summed E-state index contributed by atoms with van der Waals surface area (Å²) in [5.41, 5.74) is 0. The molecule has 0 aromatic carbocycles. The zero-order valence-electron chi connectivity index (χ0n) is 31.5. The van der Waals surface area contributed by atoms with Gasteiger partial charge in [-0.05, 0) is 12.8 Å². The summed E-state index contributed by atoms with van der Waals surface area (Å²) in [6, 6.07) is -0.835. The van der Waals surface area contributed by atoms with E-state index >= 15 is 0 Å². The number of likely N-dealkylation sites (N-methyl/N-ethyl adjacent to an activating group) is 1. The highest BCUT2D eigenvalue weighted by Crippen LogP contribution is 2.43. The number of phosphoric ester groups is 1. The molecule has 47 heavy (non-hydrogen) atoms. The maximum Gasteiger partial charge on any atom is 0.472 e. The third kappa shape index (κ3) is 33.5. The first-order chi connectivity index (χ1) is 22.5. The van der Waals surface area contributed by atoms with Crippen molar-refractivity contribution in [3.05, 3.63) is 12.2 Å². The van der Waals surface area contributed by atoms with Crippen molar-refractivity contribution in [2.45, 2.75) is 187 Å². The largest absolute Gasteiger partial charge is 0.472 e. The van der Waals surface area contributed by atoms with Crippen molar-refractivity contribution in [1.29, 1.82) is 0 Å². The number of allylic oxidation sites excluding steroid dienone is 1. The second-order valence-corrected chi connectivity index (χ2v) is 16.1. The molecule has 0 aliphatic carbocycles. The summed E-state index contributed by atoms with van der Waals surface area (Å²) in [5.74, 6) is -0.184. The lowest BCUT2D eigenvalue weighted by Gasteiger charge is -2.25. The van der Waals surface area contributed by atoms with Gasteiger partial charge >= 0.3 is 7.82 Å². The normalized spacial score (nSPS) is 14.8. The van der Waals surface area contributed by atoms with E-state index in [9.17, 15) is 19.4 Å². The molecule has 0 radical (unpaired) electrons. The monoisotopic (exact) mass is 690 g/mol. The number of hydrogen-bond donors (Lipinski definition) is 3. The number of carbonyl (C=O) groups excluding carboxylic acids is 1. The number of unbranched alkanes of at least 4 members (excludes halogenated alkanes) is 22. The van der Waals surface area contributed by atoms with Gasteiger partial charge in [-0.15, -0.1) is 0 Å². The summed E-state index contributed by atoms with van der Waals surface area (Å²) in [4.78, 5) is 22.8. The molecular formula is C38H78N2O6P+. The third-order valence-electron chi connectivity index (χ3n) is 8.76. The van der Waals surface area contributed by atoms with Crippen LogP contribution < -0.4 is 5.32 Å². The summed E-state index contributed by atoms with van der Waals surface area (Å²) in [5, 5.41) is 13.5. The number of rotatable bonds is 35. The predicted octanol–water partition coefficient (Wildman–Crippen LogP) is 10.0. The highest BCUT2D eigenvalue weighted by atomic mass is 31.2. The molecule has 8 nitrogen and oxygen atoms in total. The van der Waals surface area contributed by atoms with E-state index in [1.807, 2.05) is 27.2 Å². The molecule has 0 spiro atoms. The Morgan fingerprint density at radius 2 is 1.13 bits per heavy atom. The van der Waals surface area contributed by atoms with Gasteiger partial charge in [-0.2, -0.15) is 0 Å². The van der Waals surface area contributed by atoms with E-state index in [0.29, 0.717) is 17.4 Å². The molecule has 0 bridgehead atoms. The van der Waals surface area contributed by atoms with Crippen LogP contribution in [0.4, 0.5) is 0 Å².